The Morgan fingerprint density at radius 2 is 1.80 bits per heavy atom. The summed E-state index contributed by atoms with van der Waals surface area (Å²) in [5, 5.41) is 0. The van der Waals surface area contributed by atoms with Crippen LogP contribution in [0.25, 0.3) is 0 Å². The molecule has 1 aromatic carbocycles. The first-order valence-corrected chi connectivity index (χ1v) is 14.0. The monoisotopic (exact) mass is 469 g/mol. The maximum absolute atomic E-state index is 6.42. The van der Waals surface area contributed by atoms with Gasteiger partial charge >= 0.3 is 0 Å². The quantitative estimate of drug-likeness (QED) is 0.426. The van der Waals surface area contributed by atoms with Gasteiger partial charge in [-0.05, 0) is 106 Å². The van der Waals surface area contributed by atoms with Crippen molar-refractivity contribution < 1.29 is 9.47 Å². The summed E-state index contributed by atoms with van der Waals surface area (Å²) in [6.45, 7) is 8.29. The van der Waals surface area contributed by atoms with E-state index in [-0.39, 0.29) is 11.1 Å². The van der Waals surface area contributed by atoms with E-state index in [1.54, 1.807) is 11.1 Å². The summed E-state index contributed by atoms with van der Waals surface area (Å²) in [6.07, 6.45) is 17.5. The average Bonchev–Trinajstić information content (AvgIpc) is 3.57. The summed E-state index contributed by atoms with van der Waals surface area (Å²) in [6, 6.07) is 9.01. The van der Waals surface area contributed by atoms with Crippen molar-refractivity contribution in [1.29, 1.82) is 0 Å². The van der Waals surface area contributed by atoms with E-state index in [2.05, 4.69) is 63.3 Å². The van der Waals surface area contributed by atoms with Crippen LogP contribution >= 0.6 is 0 Å². The molecule has 0 saturated heterocycles. The molecule has 0 radical (unpaired) electrons. The number of ether oxygens (including phenoxy) is 2. The molecule has 0 aromatic heterocycles. The Morgan fingerprint density at radius 3 is 2.54 bits per heavy atom. The van der Waals surface area contributed by atoms with Gasteiger partial charge in [0.2, 0.25) is 5.90 Å². The van der Waals surface area contributed by atoms with Crippen molar-refractivity contribution in [3.63, 3.8) is 0 Å². The van der Waals surface area contributed by atoms with Gasteiger partial charge in [0.15, 0.2) is 0 Å². The summed E-state index contributed by atoms with van der Waals surface area (Å²) in [5.74, 6) is 2.90. The highest BCUT2D eigenvalue weighted by atomic mass is 16.5. The van der Waals surface area contributed by atoms with Crippen LogP contribution in [0.5, 0.6) is 0 Å². The van der Waals surface area contributed by atoms with Gasteiger partial charge in [-0.1, -0.05) is 42.9 Å². The zero-order valence-electron chi connectivity index (χ0n) is 21.6. The number of fused-ring (bicyclic) bond motifs is 5. The van der Waals surface area contributed by atoms with Gasteiger partial charge in [0, 0.05) is 16.9 Å². The van der Waals surface area contributed by atoms with Crippen molar-refractivity contribution in [2.75, 3.05) is 13.2 Å². The largest absolute Gasteiger partial charge is 0.475 e. The molecule has 7 rings (SSSR count). The third-order valence-corrected chi connectivity index (χ3v) is 10.4. The zero-order valence-corrected chi connectivity index (χ0v) is 21.6. The molecule has 5 atom stereocenters. The van der Waals surface area contributed by atoms with Gasteiger partial charge in [-0.25, -0.2) is 4.99 Å². The summed E-state index contributed by atoms with van der Waals surface area (Å²) in [4.78, 5) is 4.74. The van der Waals surface area contributed by atoms with Crippen LogP contribution in [0.3, 0.4) is 0 Å². The second-order valence-electron chi connectivity index (χ2n) is 12.8. The van der Waals surface area contributed by atoms with E-state index in [1.807, 2.05) is 5.57 Å². The van der Waals surface area contributed by atoms with Crippen LogP contribution in [0.1, 0.15) is 89.2 Å². The van der Waals surface area contributed by atoms with Crippen molar-refractivity contribution in [1.82, 2.24) is 0 Å². The first-order chi connectivity index (χ1) is 16.9. The molecule has 0 amide bonds. The first-order valence-electron chi connectivity index (χ1n) is 14.0. The summed E-state index contributed by atoms with van der Waals surface area (Å²) >= 11 is 0. The van der Waals surface area contributed by atoms with Crippen LogP contribution in [0.2, 0.25) is 0 Å². The molecule has 4 aliphatic carbocycles. The van der Waals surface area contributed by atoms with Crippen LogP contribution in [-0.4, -0.2) is 30.3 Å². The number of nitrogens with zero attached hydrogens (tertiary/aromatic N) is 1. The molecule has 184 valence electrons. The number of hydrogen-bond acceptors (Lipinski definition) is 3. The fraction of sp³-hybridized carbons (Fsp3) is 0.594. The molecule has 2 saturated carbocycles. The molecule has 3 heteroatoms. The first kappa shape index (κ1) is 22.1. The fourth-order valence-corrected chi connectivity index (χ4v) is 8.56. The lowest BCUT2D eigenvalue weighted by Crippen LogP contribution is -2.49. The van der Waals surface area contributed by atoms with E-state index in [0.29, 0.717) is 17.9 Å². The Morgan fingerprint density at radius 1 is 0.943 bits per heavy atom. The van der Waals surface area contributed by atoms with Gasteiger partial charge in [0.05, 0.1) is 17.7 Å². The standard InChI is InChI=1S/C32H39NO2/c1-30(2)20-34-29(33-30)22-7-5-21(6-8-22)23-9-11-25-24(19-23)10-12-27-26(25)13-16-31(3)28(27)14-17-32(31)15-4-18-35-32/h4-8,15,19,23,27-28H,9-14,16-18,20H2,1-3H3/t23?,27-,28+,31+,32?/m1/s1. The van der Waals surface area contributed by atoms with Gasteiger partial charge in [0.25, 0.3) is 0 Å². The zero-order chi connectivity index (χ0) is 23.8. The molecule has 2 unspecified atom stereocenters. The Bertz CT molecular complexity index is 1170. The third kappa shape index (κ3) is 3.30. The third-order valence-electron chi connectivity index (χ3n) is 10.4. The van der Waals surface area contributed by atoms with Gasteiger partial charge in [-0.3, -0.25) is 0 Å². The Labute approximate surface area is 210 Å². The highest BCUT2D eigenvalue weighted by molar-refractivity contribution is 5.95. The molecule has 35 heavy (non-hydrogen) atoms. The Balaban J connectivity index is 1.13. The van der Waals surface area contributed by atoms with Crippen molar-refractivity contribution in [2.45, 2.75) is 89.2 Å². The van der Waals surface area contributed by atoms with Crippen LogP contribution in [0, 0.1) is 17.3 Å². The molecule has 1 aromatic rings. The van der Waals surface area contributed by atoms with Crippen molar-refractivity contribution >= 4 is 5.90 Å². The van der Waals surface area contributed by atoms with Crippen LogP contribution in [0.15, 0.2) is 64.2 Å². The number of allylic oxidation sites excluding steroid dienone is 4. The SMILES string of the molecule is CC1(C)COC(c2ccc(C3C=C4CC[C@@H]5C(=C4CC3)CC[C@@]3(C)[C@H]5CCC34C=CCO4)cc2)=N1. The van der Waals surface area contributed by atoms with Crippen molar-refractivity contribution in [2.24, 2.45) is 22.2 Å². The topological polar surface area (TPSA) is 30.8 Å². The van der Waals surface area contributed by atoms with E-state index in [0.717, 1.165) is 29.9 Å². The second-order valence-corrected chi connectivity index (χ2v) is 12.8. The minimum absolute atomic E-state index is 0.0264. The average molecular weight is 470 g/mol. The van der Waals surface area contributed by atoms with Crippen LogP contribution in [-0.2, 0) is 9.47 Å². The number of hydrogen-bond donors (Lipinski definition) is 0. The molecular formula is C32H39NO2. The Kier molecular flexibility index (Phi) is 4.85. The summed E-state index contributed by atoms with van der Waals surface area (Å²) < 4.78 is 12.3. The summed E-state index contributed by atoms with van der Waals surface area (Å²) in [5.41, 5.74) is 8.01. The number of rotatable bonds is 2. The number of aliphatic imine (C=N–C) groups is 1. The molecule has 2 fully saturated rings. The fourth-order valence-electron chi connectivity index (χ4n) is 8.56. The molecule has 3 nitrogen and oxygen atoms in total. The van der Waals surface area contributed by atoms with Crippen LogP contribution in [0.4, 0.5) is 0 Å². The molecule has 1 spiro atoms. The molecule has 6 aliphatic rings. The van der Waals surface area contributed by atoms with Crippen LogP contribution < -0.4 is 0 Å². The van der Waals surface area contributed by atoms with Gasteiger partial charge in [-0.15, -0.1) is 0 Å². The van der Waals surface area contributed by atoms with E-state index in [9.17, 15) is 0 Å². The molecule has 2 aliphatic heterocycles. The molecule has 0 N–H and O–H groups in total. The van der Waals surface area contributed by atoms with E-state index < -0.39 is 0 Å². The highest BCUT2D eigenvalue weighted by Crippen LogP contribution is 2.65. The smallest absolute Gasteiger partial charge is 0.216 e. The summed E-state index contributed by atoms with van der Waals surface area (Å²) in [7, 11) is 0. The van der Waals surface area contributed by atoms with E-state index in [4.69, 9.17) is 14.5 Å². The van der Waals surface area contributed by atoms with Gasteiger partial charge in [0.1, 0.15) is 6.61 Å². The lowest BCUT2D eigenvalue weighted by molar-refractivity contribution is -0.0832. The normalized spacial score (nSPS) is 39.1. The molecule has 0 bridgehead atoms. The number of benzene rings is 1. The second kappa shape index (κ2) is 7.68. The minimum Gasteiger partial charge on any atom is -0.475 e. The van der Waals surface area contributed by atoms with Crippen molar-refractivity contribution in [3.05, 3.63) is 70.3 Å². The predicted octanol–water partition coefficient (Wildman–Crippen LogP) is 7.29. The van der Waals surface area contributed by atoms with Gasteiger partial charge in [-0.2, -0.15) is 0 Å². The predicted molar refractivity (Wildman–Crippen MR) is 141 cm³/mol. The maximum atomic E-state index is 6.42. The Hall–Kier alpha value is -2.13. The maximum Gasteiger partial charge on any atom is 0.216 e. The minimum atomic E-state index is -0.110. The lowest BCUT2D eigenvalue weighted by Gasteiger charge is -2.52. The lowest BCUT2D eigenvalue weighted by atomic mass is 9.55. The molecular weight excluding hydrogens is 430 g/mol. The molecule has 2 heterocycles. The van der Waals surface area contributed by atoms with Gasteiger partial charge < -0.3 is 9.47 Å². The van der Waals surface area contributed by atoms with E-state index in [1.165, 1.54) is 56.9 Å². The van der Waals surface area contributed by atoms with E-state index >= 15 is 0 Å². The van der Waals surface area contributed by atoms with Crippen molar-refractivity contribution in [3.8, 4) is 0 Å². The highest BCUT2D eigenvalue weighted by Gasteiger charge is 2.61.